The van der Waals surface area contributed by atoms with Crippen LogP contribution in [0.25, 0.3) is 0 Å². The van der Waals surface area contributed by atoms with Crippen LogP contribution >= 0.6 is 11.3 Å². The van der Waals surface area contributed by atoms with Crippen LogP contribution in [0.4, 0.5) is 0 Å². The maximum Gasteiger partial charge on any atom is 0.190 e. The van der Waals surface area contributed by atoms with E-state index in [1.807, 2.05) is 0 Å². The molecule has 1 aromatic heterocycles. The molecular weight excluding hydrogens is 306 g/mol. The van der Waals surface area contributed by atoms with E-state index in [9.17, 15) is 13.5 Å². The summed E-state index contributed by atoms with van der Waals surface area (Å²) in [7, 11) is -3.35. The molecule has 1 atom stereocenters. The Morgan fingerprint density at radius 1 is 1.24 bits per heavy atom. The summed E-state index contributed by atoms with van der Waals surface area (Å²) in [5.74, 6) is -0.201. The lowest BCUT2D eigenvalue weighted by Gasteiger charge is -2.22. The molecule has 2 N–H and O–H groups in total. The molecule has 1 unspecified atom stereocenters. The second-order valence-corrected chi connectivity index (χ2v) is 9.03. The summed E-state index contributed by atoms with van der Waals surface area (Å²) < 4.78 is 24.5. The van der Waals surface area contributed by atoms with E-state index in [-0.39, 0.29) is 5.75 Å². The number of nitrogens with one attached hydrogen (secondary N) is 1. The Kier molecular flexibility index (Phi) is 6.67. The third kappa shape index (κ3) is 5.70. The molecule has 0 radical (unpaired) electrons. The number of aliphatic hydroxyl groups is 1. The molecule has 0 saturated heterocycles. The maximum atomic E-state index is 12.1. The molecular formula is C15H25NO3S2. The summed E-state index contributed by atoms with van der Waals surface area (Å²) in [6.07, 6.45) is 7.76. The Bertz CT molecular complexity index is 491. The molecule has 2 rings (SSSR count). The molecule has 6 heteroatoms. The molecule has 120 valence electrons. The van der Waals surface area contributed by atoms with Gasteiger partial charge in [0.15, 0.2) is 9.84 Å². The predicted octanol–water partition coefficient (Wildman–Crippen LogP) is 2.59. The van der Waals surface area contributed by atoms with Crippen LogP contribution < -0.4 is 5.32 Å². The van der Waals surface area contributed by atoms with Crippen molar-refractivity contribution in [2.45, 2.75) is 61.3 Å². The number of thiophene rings is 1. The van der Waals surface area contributed by atoms with Crippen LogP contribution in [0.15, 0.2) is 21.7 Å². The van der Waals surface area contributed by atoms with Crippen LogP contribution in [-0.4, -0.2) is 38.0 Å². The monoisotopic (exact) mass is 331 g/mol. The van der Waals surface area contributed by atoms with Crippen molar-refractivity contribution in [3.05, 3.63) is 17.5 Å². The quantitative estimate of drug-likeness (QED) is 0.841. The van der Waals surface area contributed by atoms with Gasteiger partial charge in [0.1, 0.15) is 4.21 Å². The van der Waals surface area contributed by atoms with Gasteiger partial charge >= 0.3 is 0 Å². The van der Waals surface area contributed by atoms with Crippen LogP contribution in [-0.2, 0) is 9.84 Å². The van der Waals surface area contributed by atoms with Crippen molar-refractivity contribution in [2.24, 2.45) is 0 Å². The predicted molar refractivity (Wildman–Crippen MR) is 86.5 cm³/mol. The third-order valence-corrected chi connectivity index (χ3v) is 7.25. The van der Waals surface area contributed by atoms with E-state index in [0.717, 1.165) is 12.8 Å². The van der Waals surface area contributed by atoms with E-state index >= 15 is 0 Å². The number of sulfone groups is 1. The zero-order chi connectivity index (χ0) is 15.1. The van der Waals surface area contributed by atoms with E-state index in [1.54, 1.807) is 17.5 Å². The minimum Gasteiger partial charge on any atom is -0.391 e. The van der Waals surface area contributed by atoms with Gasteiger partial charge in [0.25, 0.3) is 0 Å². The lowest BCUT2D eigenvalue weighted by molar-refractivity contribution is 0.185. The fourth-order valence-corrected chi connectivity index (χ4v) is 5.28. The van der Waals surface area contributed by atoms with Gasteiger partial charge in [-0.2, -0.15) is 0 Å². The van der Waals surface area contributed by atoms with Crippen molar-refractivity contribution in [2.75, 3.05) is 12.3 Å². The van der Waals surface area contributed by atoms with Crippen molar-refractivity contribution in [3.8, 4) is 0 Å². The molecule has 1 aliphatic rings. The second kappa shape index (κ2) is 8.27. The van der Waals surface area contributed by atoms with Gasteiger partial charge in [0, 0.05) is 12.6 Å². The van der Waals surface area contributed by atoms with Crippen LogP contribution in [0.2, 0.25) is 0 Å². The van der Waals surface area contributed by atoms with Gasteiger partial charge in [0.2, 0.25) is 0 Å². The lowest BCUT2D eigenvalue weighted by atomic mass is 9.97. The van der Waals surface area contributed by atoms with Gasteiger partial charge in [-0.3, -0.25) is 0 Å². The summed E-state index contributed by atoms with van der Waals surface area (Å²) >= 11 is 1.20. The first-order valence-electron chi connectivity index (χ1n) is 7.75. The van der Waals surface area contributed by atoms with Crippen molar-refractivity contribution in [3.63, 3.8) is 0 Å². The van der Waals surface area contributed by atoms with Gasteiger partial charge in [-0.25, -0.2) is 8.42 Å². The number of hydrogen-bond acceptors (Lipinski definition) is 5. The van der Waals surface area contributed by atoms with E-state index in [2.05, 4.69) is 5.32 Å². The maximum absolute atomic E-state index is 12.1. The van der Waals surface area contributed by atoms with Gasteiger partial charge in [-0.1, -0.05) is 38.2 Å². The smallest absolute Gasteiger partial charge is 0.190 e. The first-order valence-corrected chi connectivity index (χ1v) is 10.3. The molecule has 1 saturated carbocycles. The van der Waals surface area contributed by atoms with E-state index in [0.29, 0.717) is 16.8 Å². The fraction of sp³-hybridized carbons (Fsp3) is 0.733. The molecule has 21 heavy (non-hydrogen) atoms. The SMILES string of the molecule is O=S(=O)(CC(O)CNC1CCCCCCC1)c1cccs1. The van der Waals surface area contributed by atoms with Crippen LogP contribution in [0.1, 0.15) is 44.9 Å². The van der Waals surface area contributed by atoms with Crippen LogP contribution in [0.3, 0.4) is 0 Å². The van der Waals surface area contributed by atoms with Gasteiger partial charge < -0.3 is 10.4 Å². The van der Waals surface area contributed by atoms with Gasteiger partial charge in [0.05, 0.1) is 11.9 Å². The minimum atomic E-state index is -3.35. The fourth-order valence-electron chi connectivity index (χ4n) is 2.80. The van der Waals surface area contributed by atoms with Crippen molar-refractivity contribution in [1.82, 2.24) is 5.32 Å². The molecule has 1 aromatic rings. The summed E-state index contributed by atoms with van der Waals surface area (Å²) in [5.41, 5.74) is 0. The molecule has 1 aliphatic carbocycles. The van der Waals surface area contributed by atoms with Gasteiger partial charge in [-0.05, 0) is 24.3 Å². The third-order valence-electron chi connectivity index (χ3n) is 3.96. The molecule has 0 aromatic carbocycles. The Labute approximate surface area is 131 Å². The zero-order valence-electron chi connectivity index (χ0n) is 12.3. The minimum absolute atomic E-state index is 0.201. The highest BCUT2D eigenvalue weighted by atomic mass is 32.2. The summed E-state index contributed by atoms with van der Waals surface area (Å²) in [6, 6.07) is 3.73. The molecule has 0 spiro atoms. The first-order chi connectivity index (χ1) is 10.1. The van der Waals surface area contributed by atoms with E-state index in [4.69, 9.17) is 0 Å². The lowest BCUT2D eigenvalue weighted by Crippen LogP contribution is -2.38. The topological polar surface area (TPSA) is 66.4 Å². The van der Waals surface area contributed by atoms with Crippen LogP contribution in [0.5, 0.6) is 0 Å². The molecule has 1 heterocycles. The van der Waals surface area contributed by atoms with E-state index < -0.39 is 15.9 Å². The first kappa shape index (κ1) is 16.9. The highest BCUT2D eigenvalue weighted by molar-refractivity contribution is 7.93. The largest absolute Gasteiger partial charge is 0.391 e. The number of aliphatic hydroxyl groups excluding tert-OH is 1. The average molecular weight is 332 g/mol. The van der Waals surface area contributed by atoms with Crippen molar-refractivity contribution in [1.29, 1.82) is 0 Å². The van der Waals surface area contributed by atoms with E-state index in [1.165, 1.54) is 43.4 Å². The van der Waals surface area contributed by atoms with Gasteiger partial charge in [-0.15, -0.1) is 11.3 Å². The number of rotatable bonds is 6. The van der Waals surface area contributed by atoms with Crippen molar-refractivity contribution < 1.29 is 13.5 Å². The van der Waals surface area contributed by atoms with Crippen molar-refractivity contribution >= 4 is 21.2 Å². The Morgan fingerprint density at radius 2 is 1.90 bits per heavy atom. The normalized spacial score (nSPS) is 19.9. The molecule has 0 amide bonds. The molecule has 4 nitrogen and oxygen atoms in total. The Morgan fingerprint density at radius 3 is 2.52 bits per heavy atom. The number of hydrogen-bond donors (Lipinski definition) is 2. The Balaban J connectivity index is 1.77. The standard InChI is InChI=1S/C15H25NO3S2/c17-14(12-21(18,19)15-9-6-10-20-15)11-16-13-7-4-2-1-3-5-8-13/h6,9-10,13-14,16-17H,1-5,7-8,11-12H2. The Hall–Kier alpha value is -0.430. The summed E-state index contributed by atoms with van der Waals surface area (Å²) in [4.78, 5) is 0. The summed E-state index contributed by atoms with van der Waals surface area (Å²) in [5, 5.41) is 15.1. The molecule has 0 aliphatic heterocycles. The second-order valence-electron chi connectivity index (χ2n) is 5.82. The average Bonchev–Trinajstić information content (AvgIpc) is 2.91. The highest BCUT2D eigenvalue weighted by Crippen LogP contribution is 2.19. The summed E-state index contributed by atoms with van der Waals surface area (Å²) in [6.45, 7) is 0.356. The molecule has 1 fully saturated rings. The highest BCUT2D eigenvalue weighted by Gasteiger charge is 2.21. The molecule has 0 bridgehead atoms. The zero-order valence-corrected chi connectivity index (χ0v) is 14.0. The van der Waals surface area contributed by atoms with Crippen LogP contribution in [0, 0.1) is 0 Å².